The molecule has 0 aliphatic carbocycles. The zero-order valence-corrected chi connectivity index (χ0v) is 11.8. The first-order chi connectivity index (χ1) is 8.36. The fourth-order valence-corrected chi connectivity index (χ4v) is 1.81. The summed E-state index contributed by atoms with van der Waals surface area (Å²) in [5, 5.41) is 7.54. The van der Waals surface area contributed by atoms with Crippen molar-refractivity contribution in [3.63, 3.8) is 0 Å². The van der Waals surface area contributed by atoms with Gasteiger partial charge in [0.25, 0.3) is 0 Å². The molecule has 18 heavy (non-hydrogen) atoms. The molecule has 0 fully saturated rings. The van der Waals surface area contributed by atoms with E-state index in [1.165, 1.54) is 7.11 Å². The number of ether oxygens (including phenoxy) is 1. The number of carbonyl (C=O) groups is 1. The van der Waals surface area contributed by atoms with E-state index >= 15 is 0 Å². The number of methoxy groups -OCH3 is 1. The number of hydrogen-bond acceptors (Lipinski definition) is 4. The van der Waals surface area contributed by atoms with E-state index in [1.54, 1.807) is 6.20 Å². The van der Waals surface area contributed by atoms with Gasteiger partial charge in [-0.15, -0.1) is 0 Å². The van der Waals surface area contributed by atoms with Crippen molar-refractivity contribution in [3.05, 3.63) is 18.5 Å². The van der Waals surface area contributed by atoms with Crippen molar-refractivity contribution < 1.29 is 9.53 Å². The predicted molar refractivity (Wildman–Crippen MR) is 70.1 cm³/mol. The molecule has 1 heterocycles. The molecule has 0 spiro atoms. The lowest BCUT2D eigenvalue weighted by atomic mass is 9.98. The summed E-state index contributed by atoms with van der Waals surface area (Å²) in [6, 6.07) is 2.04. The van der Waals surface area contributed by atoms with Gasteiger partial charge in [0, 0.05) is 18.4 Å². The molecule has 0 aromatic carbocycles. The molecule has 0 saturated carbocycles. The summed E-state index contributed by atoms with van der Waals surface area (Å²) < 4.78 is 6.67. The first-order valence-corrected chi connectivity index (χ1v) is 6.20. The van der Waals surface area contributed by atoms with E-state index in [2.05, 4.69) is 24.3 Å². The van der Waals surface area contributed by atoms with Crippen molar-refractivity contribution in [2.24, 2.45) is 5.92 Å². The van der Waals surface area contributed by atoms with Gasteiger partial charge in [-0.2, -0.15) is 5.10 Å². The van der Waals surface area contributed by atoms with E-state index in [9.17, 15) is 4.79 Å². The van der Waals surface area contributed by atoms with Crippen molar-refractivity contribution in [3.8, 4) is 0 Å². The minimum atomic E-state index is -0.698. The van der Waals surface area contributed by atoms with Gasteiger partial charge >= 0.3 is 5.97 Å². The summed E-state index contributed by atoms with van der Waals surface area (Å²) in [6.07, 6.45) is 3.67. The van der Waals surface area contributed by atoms with Gasteiger partial charge in [0.2, 0.25) is 0 Å². The normalized spacial score (nSPS) is 13.7. The van der Waals surface area contributed by atoms with Crippen LogP contribution in [0.2, 0.25) is 0 Å². The third-order valence-electron chi connectivity index (χ3n) is 2.99. The third kappa shape index (κ3) is 3.84. The van der Waals surface area contributed by atoms with E-state index in [4.69, 9.17) is 4.74 Å². The Labute approximate surface area is 109 Å². The van der Waals surface area contributed by atoms with Crippen LogP contribution in [0.4, 0.5) is 0 Å². The standard InChI is InChI=1S/C13H23N3O2/c1-10(2)11(9-16-8-6-7-14-16)15-13(3,4)12(17)18-5/h6-8,10-11,15H,9H2,1-5H3. The van der Waals surface area contributed by atoms with Crippen molar-refractivity contribution in [2.45, 2.75) is 45.8 Å². The molecule has 1 rings (SSSR count). The van der Waals surface area contributed by atoms with Crippen LogP contribution < -0.4 is 5.32 Å². The van der Waals surface area contributed by atoms with Crippen LogP contribution in [0.15, 0.2) is 18.5 Å². The van der Waals surface area contributed by atoms with Crippen LogP contribution in [0.1, 0.15) is 27.7 Å². The SMILES string of the molecule is COC(=O)C(C)(C)NC(Cn1cccn1)C(C)C. The fraction of sp³-hybridized carbons (Fsp3) is 0.692. The molecule has 0 aliphatic rings. The van der Waals surface area contributed by atoms with Crippen LogP contribution in [0.3, 0.4) is 0 Å². The highest BCUT2D eigenvalue weighted by molar-refractivity contribution is 5.79. The average Bonchev–Trinajstić information content (AvgIpc) is 2.79. The van der Waals surface area contributed by atoms with Gasteiger partial charge in [-0.05, 0) is 25.8 Å². The van der Waals surface area contributed by atoms with Crippen molar-refractivity contribution in [1.29, 1.82) is 0 Å². The first kappa shape index (κ1) is 14.7. The Morgan fingerprint density at radius 2 is 2.17 bits per heavy atom. The molecule has 1 aromatic heterocycles. The quantitative estimate of drug-likeness (QED) is 0.780. The van der Waals surface area contributed by atoms with Gasteiger partial charge in [0.05, 0.1) is 13.7 Å². The minimum absolute atomic E-state index is 0.152. The Kier molecular flexibility index (Phi) is 4.90. The molecule has 0 saturated heterocycles. The molecule has 5 nitrogen and oxygen atoms in total. The van der Waals surface area contributed by atoms with E-state index in [0.29, 0.717) is 5.92 Å². The van der Waals surface area contributed by atoms with Crippen LogP contribution in [0.5, 0.6) is 0 Å². The Morgan fingerprint density at radius 1 is 1.50 bits per heavy atom. The molecule has 102 valence electrons. The summed E-state index contributed by atoms with van der Waals surface area (Å²) >= 11 is 0. The zero-order chi connectivity index (χ0) is 13.8. The lowest BCUT2D eigenvalue weighted by Gasteiger charge is -2.31. The number of hydrogen-bond donors (Lipinski definition) is 1. The molecule has 1 unspecified atom stereocenters. The van der Waals surface area contributed by atoms with Crippen LogP contribution in [0.25, 0.3) is 0 Å². The summed E-state index contributed by atoms with van der Waals surface area (Å²) in [7, 11) is 1.41. The average molecular weight is 253 g/mol. The van der Waals surface area contributed by atoms with Gasteiger partial charge in [-0.25, -0.2) is 0 Å². The highest BCUT2D eigenvalue weighted by Gasteiger charge is 2.32. The number of nitrogens with zero attached hydrogens (tertiary/aromatic N) is 2. The number of nitrogens with one attached hydrogen (secondary N) is 1. The van der Waals surface area contributed by atoms with E-state index in [1.807, 2.05) is 30.8 Å². The maximum absolute atomic E-state index is 11.7. The minimum Gasteiger partial charge on any atom is -0.468 e. The molecule has 0 amide bonds. The third-order valence-corrected chi connectivity index (χ3v) is 2.99. The van der Waals surface area contributed by atoms with Gasteiger partial charge in [0.1, 0.15) is 5.54 Å². The molecule has 1 aromatic rings. The predicted octanol–water partition coefficient (Wildman–Crippen LogP) is 1.45. The van der Waals surface area contributed by atoms with Gasteiger partial charge < -0.3 is 4.74 Å². The topological polar surface area (TPSA) is 56.1 Å². The molecule has 0 radical (unpaired) electrons. The highest BCUT2D eigenvalue weighted by atomic mass is 16.5. The Bertz CT molecular complexity index is 372. The van der Waals surface area contributed by atoms with Crippen molar-refractivity contribution in [2.75, 3.05) is 7.11 Å². The molecule has 1 atom stereocenters. The monoisotopic (exact) mass is 253 g/mol. The molecule has 0 bridgehead atoms. The maximum Gasteiger partial charge on any atom is 0.325 e. The molecule has 1 N–H and O–H groups in total. The second kappa shape index (κ2) is 6.00. The van der Waals surface area contributed by atoms with Crippen LogP contribution in [-0.2, 0) is 16.1 Å². The summed E-state index contributed by atoms with van der Waals surface area (Å²) in [4.78, 5) is 11.7. The first-order valence-electron chi connectivity index (χ1n) is 6.20. The highest BCUT2D eigenvalue weighted by Crippen LogP contribution is 2.12. The summed E-state index contributed by atoms with van der Waals surface area (Å²) in [5.74, 6) is 0.131. The van der Waals surface area contributed by atoms with Gasteiger partial charge in [-0.1, -0.05) is 13.8 Å². The largest absolute Gasteiger partial charge is 0.468 e. The Hall–Kier alpha value is -1.36. The molecule has 5 heteroatoms. The smallest absolute Gasteiger partial charge is 0.325 e. The maximum atomic E-state index is 11.7. The van der Waals surface area contributed by atoms with E-state index in [-0.39, 0.29) is 12.0 Å². The van der Waals surface area contributed by atoms with Crippen LogP contribution in [-0.4, -0.2) is 34.4 Å². The summed E-state index contributed by atoms with van der Waals surface area (Å²) in [5.41, 5.74) is -0.698. The van der Waals surface area contributed by atoms with Gasteiger partial charge in [0.15, 0.2) is 0 Å². The van der Waals surface area contributed by atoms with E-state index in [0.717, 1.165) is 6.54 Å². The molecular formula is C13H23N3O2. The Morgan fingerprint density at radius 3 is 2.61 bits per heavy atom. The van der Waals surface area contributed by atoms with Gasteiger partial charge in [-0.3, -0.25) is 14.8 Å². The van der Waals surface area contributed by atoms with Crippen LogP contribution >= 0.6 is 0 Å². The number of rotatable bonds is 6. The van der Waals surface area contributed by atoms with Crippen molar-refractivity contribution >= 4 is 5.97 Å². The van der Waals surface area contributed by atoms with E-state index < -0.39 is 5.54 Å². The lowest BCUT2D eigenvalue weighted by Crippen LogP contribution is -2.54. The molecule has 0 aliphatic heterocycles. The second-order valence-corrected chi connectivity index (χ2v) is 5.34. The fourth-order valence-electron chi connectivity index (χ4n) is 1.81. The number of carbonyl (C=O) groups excluding carboxylic acids is 1. The second-order valence-electron chi connectivity index (χ2n) is 5.34. The zero-order valence-electron chi connectivity index (χ0n) is 11.8. The van der Waals surface area contributed by atoms with Crippen LogP contribution in [0, 0.1) is 5.92 Å². The lowest BCUT2D eigenvalue weighted by molar-refractivity contribution is -0.147. The van der Waals surface area contributed by atoms with Crippen molar-refractivity contribution in [1.82, 2.24) is 15.1 Å². The number of aromatic nitrogens is 2. The summed E-state index contributed by atoms with van der Waals surface area (Å²) in [6.45, 7) is 8.63. The Balaban J connectivity index is 2.71. The number of esters is 1. The molecular weight excluding hydrogens is 230 g/mol.